The van der Waals surface area contributed by atoms with E-state index in [1.165, 1.54) is 0 Å². The average molecular weight is 296 g/mol. The molecule has 0 fully saturated rings. The van der Waals surface area contributed by atoms with Crippen molar-refractivity contribution < 1.29 is 5.11 Å². The molecule has 1 unspecified atom stereocenters. The molecule has 0 spiro atoms. The number of nitrogens with zero attached hydrogens (tertiary/aromatic N) is 1. The van der Waals surface area contributed by atoms with Crippen LogP contribution in [-0.4, -0.2) is 18.2 Å². The summed E-state index contributed by atoms with van der Waals surface area (Å²) in [5.74, 6) is 0.151. The number of benzene rings is 1. The average Bonchev–Trinajstić information content (AvgIpc) is 2.39. The van der Waals surface area contributed by atoms with Crippen LogP contribution in [0.4, 0.5) is 5.69 Å². The van der Waals surface area contributed by atoms with Gasteiger partial charge in [0.1, 0.15) is 5.60 Å². The van der Waals surface area contributed by atoms with Crippen molar-refractivity contribution in [2.24, 2.45) is 5.92 Å². The molecule has 2 rings (SSSR count). The van der Waals surface area contributed by atoms with Crippen molar-refractivity contribution in [1.82, 2.24) is 0 Å². The molecule has 0 aromatic heterocycles. The second-order valence-electron chi connectivity index (χ2n) is 6.53. The third kappa shape index (κ3) is 1.74. The second-order valence-corrected chi connectivity index (χ2v) is 6.94. The van der Waals surface area contributed by atoms with E-state index in [2.05, 4.69) is 52.5 Å². The van der Waals surface area contributed by atoms with Gasteiger partial charge in [-0.05, 0) is 37.5 Å². The van der Waals surface area contributed by atoms with E-state index in [0.717, 1.165) is 34.9 Å². The normalized spacial score (nSPS) is 23.4. The van der Waals surface area contributed by atoms with Crippen LogP contribution in [0, 0.1) is 5.92 Å². The minimum atomic E-state index is -0.814. The van der Waals surface area contributed by atoms with Gasteiger partial charge in [0.05, 0.1) is 0 Å². The van der Waals surface area contributed by atoms with E-state index < -0.39 is 5.60 Å². The molecular weight excluding hydrogens is 270 g/mol. The van der Waals surface area contributed by atoms with Gasteiger partial charge in [-0.1, -0.05) is 39.3 Å². The van der Waals surface area contributed by atoms with Gasteiger partial charge in [-0.25, -0.2) is 0 Å². The SMILES string of the molecule is CCN(CC)c1ccc(Cl)c2c1C(O)(C(C)C)C2(C)C. The summed E-state index contributed by atoms with van der Waals surface area (Å²) in [6.07, 6.45) is 0. The molecule has 1 N–H and O–H groups in total. The number of fused-ring (bicyclic) bond motifs is 1. The van der Waals surface area contributed by atoms with Crippen LogP contribution in [0.2, 0.25) is 5.02 Å². The van der Waals surface area contributed by atoms with E-state index in [0.29, 0.717) is 0 Å². The zero-order chi connectivity index (χ0) is 15.3. The Morgan fingerprint density at radius 2 is 1.70 bits per heavy atom. The lowest BCUT2D eigenvalue weighted by molar-refractivity contribution is -0.101. The van der Waals surface area contributed by atoms with Gasteiger partial charge in [-0.15, -0.1) is 0 Å². The number of halogens is 1. The van der Waals surface area contributed by atoms with Crippen LogP contribution in [0.1, 0.15) is 52.7 Å². The molecule has 1 aromatic carbocycles. The first-order valence-corrected chi connectivity index (χ1v) is 7.91. The summed E-state index contributed by atoms with van der Waals surface area (Å²) < 4.78 is 0. The first-order valence-electron chi connectivity index (χ1n) is 7.54. The van der Waals surface area contributed by atoms with Crippen molar-refractivity contribution >= 4 is 17.3 Å². The van der Waals surface area contributed by atoms with Crippen LogP contribution in [0.3, 0.4) is 0 Å². The van der Waals surface area contributed by atoms with Crippen molar-refractivity contribution in [2.45, 2.75) is 52.6 Å². The van der Waals surface area contributed by atoms with E-state index in [1.54, 1.807) is 0 Å². The molecule has 3 heteroatoms. The molecule has 0 bridgehead atoms. The Labute approximate surface area is 127 Å². The molecule has 0 saturated carbocycles. The van der Waals surface area contributed by atoms with E-state index in [9.17, 15) is 5.11 Å². The Bertz CT molecular complexity index is 520. The Kier molecular flexibility index (Phi) is 3.85. The van der Waals surface area contributed by atoms with Crippen molar-refractivity contribution in [2.75, 3.05) is 18.0 Å². The van der Waals surface area contributed by atoms with Gasteiger partial charge in [0.2, 0.25) is 0 Å². The Hall–Kier alpha value is -0.730. The zero-order valence-electron chi connectivity index (χ0n) is 13.4. The number of rotatable bonds is 4. The molecule has 20 heavy (non-hydrogen) atoms. The van der Waals surface area contributed by atoms with E-state index >= 15 is 0 Å². The maximum atomic E-state index is 11.3. The summed E-state index contributed by atoms with van der Waals surface area (Å²) in [6.45, 7) is 14.5. The molecular formula is C17H26ClNO. The number of aliphatic hydroxyl groups is 1. The highest BCUT2D eigenvalue weighted by molar-refractivity contribution is 6.32. The molecule has 0 saturated heterocycles. The molecule has 0 radical (unpaired) electrons. The second kappa shape index (κ2) is 4.92. The third-order valence-corrected chi connectivity index (χ3v) is 5.35. The van der Waals surface area contributed by atoms with Gasteiger partial charge in [-0.2, -0.15) is 0 Å². The first kappa shape index (κ1) is 15.7. The molecule has 1 aromatic rings. The number of hydrogen-bond donors (Lipinski definition) is 1. The smallest absolute Gasteiger partial charge is 0.103 e. The van der Waals surface area contributed by atoms with Crippen LogP contribution < -0.4 is 4.90 Å². The fraction of sp³-hybridized carbons (Fsp3) is 0.647. The molecule has 1 atom stereocenters. The molecule has 0 aliphatic heterocycles. The maximum absolute atomic E-state index is 11.3. The van der Waals surface area contributed by atoms with Crippen molar-refractivity contribution in [3.63, 3.8) is 0 Å². The van der Waals surface area contributed by atoms with Crippen LogP contribution in [0.5, 0.6) is 0 Å². The van der Waals surface area contributed by atoms with Gasteiger partial charge < -0.3 is 10.0 Å². The Morgan fingerprint density at radius 1 is 1.15 bits per heavy atom. The molecule has 2 nitrogen and oxygen atoms in total. The van der Waals surface area contributed by atoms with Gasteiger partial charge in [0.15, 0.2) is 0 Å². The van der Waals surface area contributed by atoms with E-state index in [1.807, 2.05) is 6.07 Å². The monoisotopic (exact) mass is 295 g/mol. The summed E-state index contributed by atoms with van der Waals surface area (Å²) in [5.41, 5.74) is 2.15. The van der Waals surface area contributed by atoms with Crippen LogP contribution in [-0.2, 0) is 11.0 Å². The first-order chi connectivity index (χ1) is 9.23. The lowest BCUT2D eigenvalue weighted by Gasteiger charge is -2.58. The molecule has 1 aliphatic carbocycles. The van der Waals surface area contributed by atoms with Gasteiger partial charge in [0, 0.05) is 34.8 Å². The molecule has 0 heterocycles. The Balaban J connectivity index is 2.72. The predicted molar refractivity (Wildman–Crippen MR) is 86.8 cm³/mol. The summed E-state index contributed by atoms with van der Waals surface area (Å²) in [7, 11) is 0. The van der Waals surface area contributed by atoms with E-state index in [-0.39, 0.29) is 11.3 Å². The van der Waals surface area contributed by atoms with Crippen LogP contribution in [0.15, 0.2) is 12.1 Å². The summed E-state index contributed by atoms with van der Waals surface area (Å²) in [5, 5.41) is 12.1. The lowest BCUT2D eigenvalue weighted by Crippen LogP contribution is -2.59. The van der Waals surface area contributed by atoms with E-state index in [4.69, 9.17) is 11.6 Å². The lowest BCUT2D eigenvalue weighted by atomic mass is 9.50. The molecule has 1 aliphatic rings. The fourth-order valence-corrected chi connectivity index (χ4v) is 4.24. The van der Waals surface area contributed by atoms with Crippen molar-refractivity contribution in [3.05, 3.63) is 28.3 Å². The van der Waals surface area contributed by atoms with Crippen molar-refractivity contribution in [1.29, 1.82) is 0 Å². The third-order valence-electron chi connectivity index (χ3n) is 5.03. The summed E-state index contributed by atoms with van der Waals surface area (Å²) in [4.78, 5) is 2.29. The minimum absolute atomic E-state index is 0.151. The van der Waals surface area contributed by atoms with Gasteiger partial charge in [0.25, 0.3) is 0 Å². The highest BCUT2D eigenvalue weighted by atomic mass is 35.5. The Morgan fingerprint density at radius 3 is 2.15 bits per heavy atom. The van der Waals surface area contributed by atoms with Crippen LogP contribution >= 0.6 is 11.6 Å². The zero-order valence-corrected chi connectivity index (χ0v) is 14.2. The van der Waals surface area contributed by atoms with Gasteiger partial charge >= 0.3 is 0 Å². The minimum Gasteiger partial charge on any atom is -0.384 e. The fourth-order valence-electron chi connectivity index (χ4n) is 3.84. The van der Waals surface area contributed by atoms with Crippen LogP contribution in [0.25, 0.3) is 0 Å². The van der Waals surface area contributed by atoms with Crippen molar-refractivity contribution in [3.8, 4) is 0 Å². The molecule has 112 valence electrons. The quantitative estimate of drug-likeness (QED) is 0.894. The largest absolute Gasteiger partial charge is 0.384 e. The number of hydrogen-bond acceptors (Lipinski definition) is 2. The maximum Gasteiger partial charge on any atom is 0.103 e. The highest BCUT2D eigenvalue weighted by Gasteiger charge is 2.61. The standard InChI is InChI=1S/C17H26ClNO/c1-7-19(8-2)13-10-9-12(18)14-15(13)17(20,11(3)4)16(14,5)6/h9-11,20H,7-8H2,1-6H3. The van der Waals surface area contributed by atoms with Gasteiger partial charge in [-0.3, -0.25) is 0 Å². The predicted octanol–water partition coefficient (Wildman–Crippen LogP) is 4.32. The summed E-state index contributed by atoms with van der Waals surface area (Å²) in [6, 6.07) is 4.02. The highest BCUT2D eigenvalue weighted by Crippen LogP contribution is 2.62. The summed E-state index contributed by atoms with van der Waals surface area (Å²) >= 11 is 6.42. The topological polar surface area (TPSA) is 23.5 Å². The number of anilines is 1. The molecule has 0 amide bonds.